The molecule has 1 atom stereocenters. The Balaban J connectivity index is 1.43. The monoisotopic (exact) mass is 476 g/mol. The molecule has 0 spiro atoms. The molecule has 0 radical (unpaired) electrons. The van der Waals surface area contributed by atoms with Gasteiger partial charge in [-0.1, -0.05) is 30.3 Å². The van der Waals surface area contributed by atoms with Gasteiger partial charge in [-0.2, -0.15) is 0 Å². The van der Waals surface area contributed by atoms with Crippen molar-refractivity contribution < 1.29 is 19.5 Å². The lowest BCUT2D eigenvalue weighted by Gasteiger charge is -2.31. The molecule has 0 bridgehead atoms. The SMILES string of the molecule is Cc1cc(COc2ccc([C@]3(N)CCN(CC(=O)N(O)C(C)(C)C)C3=O)cc2)c2ccccc2n1. The lowest BCUT2D eigenvalue weighted by Crippen LogP contribution is -2.50. The van der Waals surface area contributed by atoms with E-state index in [2.05, 4.69) is 4.98 Å². The van der Waals surface area contributed by atoms with Gasteiger partial charge in [0, 0.05) is 23.2 Å². The number of hydrogen-bond acceptors (Lipinski definition) is 6. The number of pyridine rings is 1. The average molecular weight is 477 g/mol. The minimum absolute atomic E-state index is 0.216. The number of para-hydroxylation sites is 1. The number of ether oxygens (including phenoxy) is 1. The average Bonchev–Trinajstić information content (AvgIpc) is 3.11. The zero-order valence-electron chi connectivity index (χ0n) is 20.6. The van der Waals surface area contributed by atoms with Crippen molar-refractivity contribution in [1.82, 2.24) is 14.9 Å². The van der Waals surface area contributed by atoms with E-state index in [1.807, 2.05) is 37.3 Å². The first-order valence-corrected chi connectivity index (χ1v) is 11.7. The molecule has 1 fully saturated rings. The molecule has 2 amide bonds. The van der Waals surface area contributed by atoms with Gasteiger partial charge in [0.15, 0.2) is 0 Å². The van der Waals surface area contributed by atoms with E-state index in [4.69, 9.17) is 10.5 Å². The summed E-state index contributed by atoms with van der Waals surface area (Å²) in [6.45, 7) is 7.61. The van der Waals surface area contributed by atoms with Crippen LogP contribution in [0.1, 0.15) is 44.0 Å². The van der Waals surface area contributed by atoms with E-state index in [1.54, 1.807) is 45.0 Å². The number of aryl methyl sites for hydroxylation is 1. The van der Waals surface area contributed by atoms with Crippen LogP contribution in [0.4, 0.5) is 0 Å². The van der Waals surface area contributed by atoms with Crippen molar-refractivity contribution in [3.05, 3.63) is 71.4 Å². The highest BCUT2D eigenvalue weighted by Crippen LogP contribution is 2.32. The van der Waals surface area contributed by atoms with Crippen LogP contribution in [-0.2, 0) is 21.7 Å². The van der Waals surface area contributed by atoms with Crippen LogP contribution in [-0.4, -0.2) is 50.6 Å². The highest BCUT2D eigenvalue weighted by Gasteiger charge is 2.46. The Morgan fingerprint density at radius 2 is 1.89 bits per heavy atom. The number of hydrogen-bond donors (Lipinski definition) is 2. The first-order valence-electron chi connectivity index (χ1n) is 11.7. The summed E-state index contributed by atoms with van der Waals surface area (Å²) in [5.41, 5.74) is 8.11. The van der Waals surface area contributed by atoms with E-state index in [-0.39, 0.29) is 12.5 Å². The minimum Gasteiger partial charge on any atom is -0.489 e. The number of amides is 2. The largest absolute Gasteiger partial charge is 0.489 e. The number of carbonyl (C=O) groups excluding carboxylic acids is 2. The van der Waals surface area contributed by atoms with Gasteiger partial charge < -0.3 is 15.4 Å². The van der Waals surface area contributed by atoms with Gasteiger partial charge in [0.05, 0.1) is 11.1 Å². The molecule has 1 saturated heterocycles. The number of rotatable bonds is 6. The molecular formula is C27H32N4O4. The molecule has 2 heterocycles. The molecule has 8 nitrogen and oxygen atoms in total. The number of nitrogens with two attached hydrogens (primary N) is 1. The first kappa shape index (κ1) is 24.6. The van der Waals surface area contributed by atoms with Crippen molar-refractivity contribution in [3.63, 3.8) is 0 Å². The summed E-state index contributed by atoms with van der Waals surface area (Å²) in [6.07, 6.45) is 0.378. The second kappa shape index (κ2) is 9.28. The van der Waals surface area contributed by atoms with E-state index in [0.717, 1.165) is 22.2 Å². The molecule has 0 unspecified atom stereocenters. The third-order valence-electron chi connectivity index (χ3n) is 6.34. The molecule has 0 aliphatic carbocycles. The van der Waals surface area contributed by atoms with Crippen molar-refractivity contribution >= 4 is 22.7 Å². The Morgan fingerprint density at radius 1 is 1.20 bits per heavy atom. The number of benzene rings is 2. The van der Waals surface area contributed by atoms with Crippen LogP contribution in [0.3, 0.4) is 0 Å². The van der Waals surface area contributed by atoms with Gasteiger partial charge in [-0.15, -0.1) is 0 Å². The van der Waals surface area contributed by atoms with Crippen molar-refractivity contribution in [2.24, 2.45) is 5.73 Å². The molecule has 8 heteroatoms. The van der Waals surface area contributed by atoms with Crippen LogP contribution in [0.5, 0.6) is 5.75 Å². The molecular weight excluding hydrogens is 444 g/mol. The van der Waals surface area contributed by atoms with Gasteiger partial charge in [0.2, 0.25) is 5.91 Å². The van der Waals surface area contributed by atoms with Gasteiger partial charge in [0.25, 0.3) is 5.91 Å². The molecule has 0 saturated carbocycles. The molecule has 1 aliphatic rings. The summed E-state index contributed by atoms with van der Waals surface area (Å²) in [5.74, 6) is -0.215. The number of fused-ring (bicyclic) bond motifs is 1. The molecule has 1 aliphatic heterocycles. The van der Waals surface area contributed by atoms with Crippen LogP contribution < -0.4 is 10.5 Å². The standard InChI is InChI=1S/C27H32N4O4/c1-18-15-19(22-7-5-6-8-23(22)29-18)17-35-21-11-9-20(10-12-21)27(28)13-14-30(25(27)33)16-24(32)31(34)26(2,3)4/h5-12,15,34H,13-14,16-17,28H2,1-4H3/t27-/m1/s1. The third-order valence-corrected chi connectivity index (χ3v) is 6.34. The summed E-state index contributed by atoms with van der Waals surface area (Å²) >= 11 is 0. The van der Waals surface area contributed by atoms with Crippen molar-refractivity contribution in [1.29, 1.82) is 0 Å². The second-order valence-electron chi connectivity index (χ2n) is 10.1. The molecule has 35 heavy (non-hydrogen) atoms. The Hall–Kier alpha value is -3.49. The summed E-state index contributed by atoms with van der Waals surface area (Å²) in [6, 6.07) is 17.2. The highest BCUT2D eigenvalue weighted by atomic mass is 16.5. The Labute approximate surface area is 205 Å². The van der Waals surface area contributed by atoms with Gasteiger partial charge in [0.1, 0.15) is 24.4 Å². The fourth-order valence-electron chi connectivity index (χ4n) is 4.35. The first-order chi connectivity index (χ1) is 16.5. The van der Waals surface area contributed by atoms with Gasteiger partial charge >= 0.3 is 0 Å². The zero-order chi connectivity index (χ0) is 25.4. The van der Waals surface area contributed by atoms with Gasteiger partial charge in [-0.25, -0.2) is 5.06 Å². The number of carbonyl (C=O) groups is 2. The van der Waals surface area contributed by atoms with E-state index in [0.29, 0.717) is 35.9 Å². The molecule has 184 valence electrons. The predicted octanol–water partition coefficient (Wildman–Crippen LogP) is 3.52. The molecule has 3 aromatic rings. The minimum atomic E-state index is -1.22. The Morgan fingerprint density at radius 3 is 2.57 bits per heavy atom. The number of nitrogens with zero attached hydrogens (tertiary/aromatic N) is 3. The topological polar surface area (TPSA) is 109 Å². The van der Waals surface area contributed by atoms with E-state index in [9.17, 15) is 14.8 Å². The van der Waals surface area contributed by atoms with Crippen LogP contribution in [0.25, 0.3) is 10.9 Å². The lowest BCUT2D eigenvalue weighted by molar-refractivity contribution is -0.188. The third kappa shape index (κ3) is 4.99. The van der Waals surface area contributed by atoms with Crippen molar-refractivity contribution in [2.45, 2.75) is 51.8 Å². The van der Waals surface area contributed by atoms with Crippen LogP contribution >= 0.6 is 0 Å². The van der Waals surface area contributed by atoms with E-state index < -0.39 is 17.0 Å². The van der Waals surface area contributed by atoms with Gasteiger partial charge in [-0.3, -0.25) is 19.8 Å². The van der Waals surface area contributed by atoms with Crippen molar-refractivity contribution in [3.8, 4) is 5.75 Å². The van der Waals surface area contributed by atoms with Crippen LogP contribution in [0.15, 0.2) is 54.6 Å². The number of likely N-dealkylation sites (tertiary alicyclic amines) is 1. The van der Waals surface area contributed by atoms with Crippen LogP contribution in [0, 0.1) is 6.92 Å². The van der Waals surface area contributed by atoms with Crippen molar-refractivity contribution in [2.75, 3.05) is 13.1 Å². The quantitative estimate of drug-likeness (QED) is 0.416. The molecule has 3 N–H and O–H groups in total. The summed E-state index contributed by atoms with van der Waals surface area (Å²) in [5, 5.41) is 11.8. The number of aromatic nitrogens is 1. The lowest BCUT2D eigenvalue weighted by atomic mass is 9.89. The van der Waals surface area contributed by atoms with E-state index >= 15 is 0 Å². The maximum Gasteiger partial charge on any atom is 0.266 e. The Bertz CT molecular complexity index is 1250. The summed E-state index contributed by atoms with van der Waals surface area (Å²) < 4.78 is 6.02. The normalized spacial score (nSPS) is 18.2. The number of hydroxylamine groups is 2. The fraction of sp³-hybridized carbons (Fsp3) is 0.370. The smallest absolute Gasteiger partial charge is 0.266 e. The summed E-state index contributed by atoms with van der Waals surface area (Å²) in [7, 11) is 0. The van der Waals surface area contributed by atoms with E-state index in [1.165, 1.54) is 4.90 Å². The highest BCUT2D eigenvalue weighted by molar-refractivity contribution is 5.93. The van der Waals surface area contributed by atoms with Gasteiger partial charge in [-0.05, 0) is 63.9 Å². The Kier molecular flexibility index (Phi) is 6.53. The molecule has 4 rings (SSSR count). The summed E-state index contributed by atoms with van der Waals surface area (Å²) in [4.78, 5) is 31.5. The fourth-order valence-corrected chi connectivity index (χ4v) is 4.35. The zero-order valence-corrected chi connectivity index (χ0v) is 20.6. The molecule has 1 aromatic heterocycles. The molecule has 2 aromatic carbocycles. The second-order valence-corrected chi connectivity index (χ2v) is 10.1. The van der Waals surface area contributed by atoms with Crippen LogP contribution in [0.2, 0.25) is 0 Å². The maximum atomic E-state index is 13.1. The maximum absolute atomic E-state index is 13.1. The predicted molar refractivity (Wildman–Crippen MR) is 133 cm³/mol.